The third-order valence-electron chi connectivity index (χ3n) is 4.33. The lowest BCUT2D eigenvalue weighted by Gasteiger charge is -2.19. The van der Waals surface area contributed by atoms with Crippen LogP contribution in [0.2, 0.25) is 0 Å². The Kier molecular flexibility index (Phi) is 8.76. The van der Waals surface area contributed by atoms with Crippen LogP contribution in [0.25, 0.3) is 0 Å². The lowest BCUT2D eigenvalue weighted by molar-refractivity contribution is 0.0953. The zero-order chi connectivity index (χ0) is 16.1. The van der Waals surface area contributed by atoms with Gasteiger partial charge in [0.05, 0.1) is 0 Å². The van der Waals surface area contributed by atoms with E-state index in [9.17, 15) is 4.79 Å². The van der Waals surface area contributed by atoms with Crippen molar-refractivity contribution in [1.82, 2.24) is 5.32 Å². The van der Waals surface area contributed by atoms with E-state index < -0.39 is 0 Å². The van der Waals surface area contributed by atoms with Crippen molar-refractivity contribution in [1.29, 1.82) is 0 Å². The molecule has 1 aliphatic heterocycles. The van der Waals surface area contributed by atoms with Crippen LogP contribution in [0.4, 0.5) is 5.69 Å². The molecule has 0 bridgehead atoms. The Morgan fingerprint density at radius 1 is 1.08 bits per heavy atom. The van der Waals surface area contributed by atoms with Gasteiger partial charge in [-0.25, -0.2) is 0 Å². The molecule has 0 aliphatic carbocycles. The van der Waals surface area contributed by atoms with Gasteiger partial charge in [-0.2, -0.15) is 0 Å². The summed E-state index contributed by atoms with van der Waals surface area (Å²) in [6.07, 6.45) is 2.07. The van der Waals surface area contributed by atoms with E-state index in [1.807, 2.05) is 24.3 Å². The number of hydrogen-bond acceptors (Lipinski definition) is 3. The fraction of sp³-hybridized carbons (Fsp3) is 0.316. The zero-order valence-corrected chi connectivity index (χ0v) is 15.7. The van der Waals surface area contributed by atoms with E-state index in [1.165, 1.54) is 11.3 Å². The fourth-order valence-electron chi connectivity index (χ4n) is 3.00. The standard InChI is InChI=1S/C19H23N3O.2ClH/c20-14-15-6-8-17(9-7-15)19(23)21-11-3-12-22-13-10-16-4-1-2-5-18(16)22;;/h1-2,4-9H,3,10-14,20H2,(H,21,23);2*1H. The summed E-state index contributed by atoms with van der Waals surface area (Å²) in [5.74, 6) is -0.0182. The second-order valence-electron chi connectivity index (χ2n) is 5.88. The average Bonchev–Trinajstić information content (AvgIpc) is 3.02. The van der Waals surface area contributed by atoms with Crippen LogP contribution in [0.3, 0.4) is 0 Å². The summed E-state index contributed by atoms with van der Waals surface area (Å²) < 4.78 is 0. The number of nitrogens with zero attached hydrogens (tertiary/aromatic N) is 1. The monoisotopic (exact) mass is 381 g/mol. The van der Waals surface area contributed by atoms with Crippen molar-refractivity contribution in [2.75, 3.05) is 24.5 Å². The molecule has 3 N–H and O–H groups in total. The molecule has 0 aromatic heterocycles. The Bertz CT molecular complexity index is 677. The maximum Gasteiger partial charge on any atom is 0.251 e. The van der Waals surface area contributed by atoms with Gasteiger partial charge in [0.1, 0.15) is 0 Å². The van der Waals surface area contributed by atoms with Crippen LogP contribution in [-0.4, -0.2) is 25.5 Å². The van der Waals surface area contributed by atoms with Gasteiger partial charge in [0.15, 0.2) is 0 Å². The minimum Gasteiger partial charge on any atom is -0.371 e. The molecule has 0 spiro atoms. The third kappa shape index (κ3) is 5.36. The first-order valence-corrected chi connectivity index (χ1v) is 8.18. The van der Waals surface area contributed by atoms with Gasteiger partial charge in [-0.3, -0.25) is 4.79 Å². The van der Waals surface area contributed by atoms with Crippen LogP contribution in [-0.2, 0) is 13.0 Å². The second kappa shape index (κ2) is 10.3. The quantitative estimate of drug-likeness (QED) is 0.755. The number of hydrogen-bond donors (Lipinski definition) is 2. The van der Waals surface area contributed by atoms with Gasteiger partial charge < -0.3 is 16.0 Å². The molecule has 0 fully saturated rings. The summed E-state index contributed by atoms with van der Waals surface area (Å²) in [7, 11) is 0. The Morgan fingerprint density at radius 3 is 2.52 bits per heavy atom. The number of para-hydroxylation sites is 1. The molecule has 136 valence electrons. The van der Waals surface area contributed by atoms with Crippen molar-refractivity contribution in [3.8, 4) is 0 Å². The van der Waals surface area contributed by atoms with Crippen LogP contribution < -0.4 is 16.0 Å². The van der Waals surface area contributed by atoms with Crippen molar-refractivity contribution < 1.29 is 4.79 Å². The summed E-state index contributed by atoms with van der Waals surface area (Å²) in [4.78, 5) is 14.5. The summed E-state index contributed by atoms with van der Waals surface area (Å²) in [6, 6.07) is 16.0. The van der Waals surface area contributed by atoms with Crippen molar-refractivity contribution in [3.63, 3.8) is 0 Å². The van der Waals surface area contributed by atoms with Gasteiger partial charge in [-0.1, -0.05) is 30.3 Å². The van der Waals surface area contributed by atoms with E-state index in [1.54, 1.807) is 0 Å². The minimum atomic E-state index is -0.0182. The SMILES string of the molecule is Cl.Cl.NCc1ccc(C(=O)NCCCN2CCc3ccccc32)cc1. The first-order chi connectivity index (χ1) is 11.3. The number of fused-ring (bicyclic) bond motifs is 1. The number of anilines is 1. The first-order valence-electron chi connectivity index (χ1n) is 8.18. The first kappa shape index (κ1) is 21.3. The molecule has 2 aromatic carbocycles. The molecule has 3 rings (SSSR count). The second-order valence-corrected chi connectivity index (χ2v) is 5.88. The van der Waals surface area contributed by atoms with Crippen LogP contribution in [0.15, 0.2) is 48.5 Å². The Balaban J connectivity index is 0.00000156. The topological polar surface area (TPSA) is 58.4 Å². The maximum absolute atomic E-state index is 12.1. The lowest BCUT2D eigenvalue weighted by atomic mass is 10.1. The molecule has 6 heteroatoms. The molecule has 25 heavy (non-hydrogen) atoms. The van der Waals surface area contributed by atoms with Crippen LogP contribution >= 0.6 is 24.8 Å². The smallest absolute Gasteiger partial charge is 0.251 e. The van der Waals surface area contributed by atoms with Crippen LogP contribution in [0.5, 0.6) is 0 Å². The highest BCUT2D eigenvalue weighted by molar-refractivity contribution is 5.94. The molecule has 0 unspecified atom stereocenters. The van der Waals surface area contributed by atoms with Gasteiger partial charge in [-0.05, 0) is 42.2 Å². The Morgan fingerprint density at radius 2 is 1.80 bits per heavy atom. The maximum atomic E-state index is 12.1. The highest BCUT2D eigenvalue weighted by Crippen LogP contribution is 2.27. The molecule has 0 saturated heterocycles. The number of carbonyl (C=O) groups excluding carboxylic acids is 1. The number of halogens is 2. The van der Waals surface area contributed by atoms with Crippen molar-refractivity contribution in [2.24, 2.45) is 5.73 Å². The molecule has 0 atom stereocenters. The predicted molar refractivity (Wildman–Crippen MR) is 108 cm³/mol. The number of rotatable bonds is 6. The number of nitrogens with two attached hydrogens (primary N) is 1. The van der Waals surface area contributed by atoms with Gasteiger partial charge in [0.2, 0.25) is 0 Å². The average molecular weight is 382 g/mol. The van der Waals surface area contributed by atoms with Crippen molar-refractivity contribution in [3.05, 3.63) is 65.2 Å². The normalized spacial score (nSPS) is 12.0. The molecular formula is C19H25Cl2N3O. The van der Waals surface area contributed by atoms with E-state index in [0.717, 1.165) is 31.5 Å². The van der Waals surface area contributed by atoms with Gasteiger partial charge in [0, 0.05) is 37.4 Å². The summed E-state index contributed by atoms with van der Waals surface area (Å²) in [6.45, 7) is 3.24. The van der Waals surface area contributed by atoms with E-state index >= 15 is 0 Å². The molecule has 2 aromatic rings. The van der Waals surface area contributed by atoms with Crippen LogP contribution in [0, 0.1) is 0 Å². The van der Waals surface area contributed by atoms with Gasteiger partial charge in [0.25, 0.3) is 5.91 Å². The summed E-state index contributed by atoms with van der Waals surface area (Å²) in [5, 5.41) is 2.99. The largest absolute Gasteiger partial charge is 0.371 e. The fourth-order valence-corrected chi connectivity index (χ4v) is 3.00. The highest BCUT2D eigenvalue weighted by Gasteiger charge is 2.17. The predicted octanol–water partition coefficient (Wildman–Crippen LogP) is 3.17. The molecular weight excluding hydrogens is 357 g/mol. The number of amides is 1. The minimum absolute atomic E-state index is 0. The molecule has 0 radical (unpaired) electrons. The lowest BCUT2D eigenvalue weighted by Crippen LogP contribution is -2.29. The van der Waals surface area contributed by atoms with E-state index in [-0.39, 0.29) is 30.7 Å². The Hall–Kier alpha value is -1.75. The molecule has 1 aliphatic rings. The molecule has 4 nitrogen and oxygen atoms in total. The number of carbonyl (C=O) groups is 1. The van der Waals surface area contributed by atoms with Crippen molar-refractivity contribution in [2.45, 2.75) is 19.4 Å². The van der Waals surface area contributed by atoms with Crippen molar-refractivity contribution >= 4 is 36.4 Å². The van der Waals surface area contributed by atoms with E-state index in [2.05, 4.69) is 34.5 Å². The zero-order valence-electron chi connectivity index (χ0n) is 14.1. The van der Waals surface area contributed by atoms with E-state index in [4.69, 9.17) is 5.73 Å². The third-order valence-corrected chi connectivity index (χ3v) is 4.33. The molecule has 0 saturated carbocycles. The van der Waals surface area contributed by atoms with Gasteiger partial charge >= 0.3 is 0 Å². The highest BCUT2D eigenvalue weighted by atomic mass is 35.5. The summed E-state index contributed by atoms with van der Waals surface area (Å²) >= 11 is 0. The summed E-state index contributed by atoms with van der Waals surface area (Å²) in [5.41, 5.74) is 10.1. The molecule has 1 heterocycles. The van der Waals surface area contributed by atoms with Crippen LogP contribution in [0.1, 0.15) is 27.9 Å². The molecule has 1 amide bonds. The van der Waals surface area contributed by atoms with Gasteiger partial charge in [-0.15, -0.1) is 24.8 Å². The van der Waals surface area contributed by atoms with E-state index in [0.29, 0.717) is 18.7 Å². The number of nitrogens with one attached hydrogen (secondary N) is 1. The Labute approximate surface area is 161 Å². The number of benzene rings is 2.